The van der Waals surface area contributed by atoms with Gasteiger partial charge in [0, 0.05) is 55.9 Å². The summed E-state index contributed by atoms with van der Waals surface area (Å²) in [5, 5.41) is 9.02. The van der Waals surface area contributed by atoms with Crippen LogP contribution >= 0.6 is 23.6 Å². The second kappa shape index (κ2) is 9.02. The zero-order valence-corrected chi connectivity index (χ0v) is 18.5. The van der Waals surface area contributed by atoms with Crippen LogP contribution in [0.2, 0.25) is 0 Å². The van der Waals surface area contributed by atoms with Gasteiger partial charge in [-0.05, 0) is 31.6 Å². The summed E-state index contributed by atoms with van der Waals surface area (Å²) in [6, 6.07) is 1.88. The molecule has 152 valence electrons. The number of thiophene rings is 1. The van der Waals surface area contributed by atoms with E-state index < -0.39 is 0 Å². The zero-order chi connectivity index (χ0) is 20.3. The fraction of sp³-hybridized carbons (Fsp3) is 0.526. The normalized spacial score (nSPS) is 14.9. The number of rotatable bonds is 5. The molecule has 1 aliphatic heterocycles. The Balaban J connectivity index is 1.58. The minimum atomic E-state index is -0.335. The van der Waals surface area contributed by atoms with Gasteiger partial charge in [0.1, 0.15) is 5.00 Å². The van der Waals surface area contributed by atoms with E-state index in [4.69, 9.17) is 17.0 Å². The van der Waals surface area contributed by atoms with Gasteiger partial charge >= 0.3 is 5.97 Å². The van der Waals surface area contributed by atoms with Crippen molar-refractivity contribution < 1.29 is 9.53 Å². The van der Waals surface area contributed by atoms with E-state index in [1.165, 1.54) is 18.4 Å². The molecule has 3 rings (SSSR count). The summed E-state index contributed by atoms with van der Waals surface area (Å²) in [6.07, 6.45) is 2.82. The van der Waals surface area contributed by atoms with Gasteiger partial charge in [-0.25, -0.2) is 4.79 Å². The molecule has 0 unspecified atom stereocenters. The maximum absolute atomic E-state index is 12.0. The van der Waals surface area contributed by atoms with Crippen molar-refractivity contribution in [3.8, 4) is 0 Å². The average molecular weight is 422 g/mol. The smallest absolute Gasteiger partial charge is 0.340 e. The molecular weight excluding hydrogens is 394 g/mol. The van der Waals surface area contributed by atoms with Crippen molar-refractivity contribution in [3.63, 3.8) is 0 Å². The number of nitrogens with zero attached hydrogens (tertiary/aromatic N) is 4. The largest absolute Gasteiger partial charge is 0.465 e. The van der Waals surface area contributed by atoms with Crippen molar-refractivity contribution in [1.82, 2.24) is 19.6 Å². The lowest BCUT2D eigenvalue weighted by Crippen LogP contribution is -2.49. The third kappa shape index (κ3) is 4.53. The lowest BCUT2D eigenvalue weighted by molar-refractivity contribution is 0.0602. The molecule has 1 N–H and O–H groups in total. The van der Waals surface area contributed by atoms with E-state index in [0.29, 0.717) is 10.7 Å². The predicted octanol–water partition coefficient (Wildman–Crippen LogP) is 2.65. The van der Waals surface area contributed by atoms with Crippen LogP contribution in [0.25, 0.3) is 0 Å². The van der Waals surface area contributed by atoms with E-state index in [2.05, 4.69) is 34.1 Å². The number of hydrogen-bond acceptors (Lipinski definition) is 6. The van der Waals surface area contributed by atoms with Gasteiger partial charge in [-0.2, -0.15) is 5.10 Å². The number of carbonyl (C=O) groups excluding carboxylic acids is 1. The first-order valence-corrected chi connectivity index (χ1v) is 10.6. The van der Waals surface area contributed by atoms with E-state index in [1.807, 2.05) is 24.0 Å². The molecule has 0 amide bonds. The molecule has 0 atom stereocenters. The average Bonchev–Trinajstić information content (AvgIpc) is 3.26. The lowest BCUT2D eigenvalue weighted by atomic mass is 10.2. The second-order valence-electron chi connectivity index (χ2n) is 6.87. The van der Waals surface area contributed by atoms with Crippen LogP contribution < -0.4 is 5.32 Å². The van der Waals surface area contributed by atoms with Gasteiger partial charge in [-0.3, -0.25) is 9.58 Å². The highest BCUT2D eigenvalue weighted by Crippen LogP contribution is 2.29. The van der Waals surface area contributed by atoms with Crippen molar-refractivity contribution >= 4 is 39.6 Å². The Hall–Kier alpha value is -1.97. The summed E-state index contributed by atoms with van der Waals surface area (Å²) in [6.45, 7) is 8.65. The van der Waals surface area contributed by atoms with Crippen LogP contribution in [0.1, 0.15) is 33.4 Å². The number of methoxy groups -OCH3 is 1. The number of aryl methyl sites for hydroxylation is 2. The molecule has 0 bridgehead atoms. The molecule has 1 saturated heterocycles. The van der Waals surface area contributed by atoms with E-state index >= 15 is 0 Å². The standard InChI is InChI=1S/C19H27N5O2S2/c1-5-15-10-16(18(25)26-4)17(28-15)21-19(27)24-8-6-23(7-9-24)12-14-11-20-22(3)13(14)2/h10-11H,5-9,12H2,1-4H3,(H,21,27). The van der Waals surface area contributed by atoms with Crippen molar-refractivity contribution in [2.75, 3.05) is 38.6 Å². The van der Waals surface area contributed by atoms with Crippen LogP contribution in [0.3, 0.4) is 0 Å². The Kier molecular flexibility index (Phi) is 6.69. The molecule has 2 aromatic heterocycles. The van der Waals surface area contributed by atoms with Crippen LogP contribution in [-0.4, -0.2) is 64.0 Å². The van der Waals surface area contributed by atoms with Crippen LogP contribution in [0.15, 0.2) is 12.3 Å². The third-order valence-corrected chi connectivity index (χ3v) is 6.70. The van der Waals surface area contributed by atoms with Crippen molar-refractivity contribution in [3.05, 3.63) is 34.0 Å². The summed E-state index contributed by atoms with van der Waals surface area (Å²) in [7, 11) is 3.37. The molecule has 0 aromatic carbocycles. The molecule has 0 spiro atoms. The maximum Gasteiger partial charge on any atom is 0.340 e. The van der Waals surface area contributed by atoms with Gasteiger partial charge in [0.25, 0.3) is 0 Å². The van der Waals surface area contributed by atoms with Gasteiger partial charge in [0.2, 0.25) is 0 Å². The molecule has 9 heteroatoms. The molecule has 3 heterocycles. The highest BCUT2D eigenvalue weighted by Gasteiger charge is 2.22. The first-order valence-electron chi connectivity index (χ1n) is 9.39. The van der Waals surface area contributed by atoms with Crippen molar-refractivity contribution in [2.24, 2.45) is 7.05 Å². The molecule has 28 heavy (non-hydrogen) atoms. The van der Waals surface area contributed by atoms with Gasteiger partial charge in [0.15, 0.2) is 5.11 Å². The van der Waals surface area contributed by atoms with Gasteiger partial charge in [-0.1, -0.05) is 6.92 Å². The Bertz CT molecular complexity index is 853. The third-order valence-electron chi connectivity index (χ3n) is 5.15. The molecule has 7 nitrogen and oxygen atoms in total. The van der Waals surface area contributed by atoms with Crippen LogP contribution in [-0.2, 0) is 24.8 Å². The quantitative estimate of drug-likeness (QED) is 0.588. The molecule has 0 radical (unpaired) electrons. The van der Waals surface area contributed by atoms with Gasteiger partial charge in [0.05, 0.1) is 18.9 Å². The first kappa shape index (κ1) is 20.8. The van der Waals surface area contributed by atoms with E-state index in [0.717, 1.165) is 49.0 Å². The number of carbonyl (C=O) groups is 1. The molecule has 1 fully saturated rings. The fourth-order valence-corrected chi connectivity index (χ4v) is 4.53. The Morgan fingerprint density at radius 3 is 2.64 bits per heavy atom. The lowest BCUT2D eigenvalue weighted by Gasteiger charge is -2.36. The number of nitrogens with one attached hydrogen (secondary N) is 1. The number of thiocarbonyl (C=S) groups is 1. The number of aromatic nitrogens is 2. The number of ether oxygens (including phenoxy) is 1. The SMILES string of the molecule is CCc1cc(C(=O)OC)c(NC(=S)N2CCN(Cc3cnn(C)c3C)CC2)s1. The minimum absolute atomic E-state index is 0.335. The Morgan fingerprint density at radius 1 is 1.36 bits per heavy atom. The first-order chi connectivity index (χ1) is 13.4. The number of anilines is 1. The van der Waals surface area contributed by atoms with E-state index in [9.17, 15) is 4.79 Å². The van der Waals surface area contributed by atoms with Crippen molar-refractivity contribution in [2.45, 2.75) is 26.8 Å². The number of piperazine rings is 1. The molecule has 0 saturated carbocycles. The fourth-order valence-electron chi connectivity index (χ4n) is 3.20. The molecule has 2 aromatic rings. The predicted molar refractivity (Wildman–Crippen MR) is 116 cm³/mol. The maximum atomic E-state index is 12.0. The topological polar surface area (TPSA) is 62.6 Å². The number of esters is 1. The molecule has 1 aliphatic rings. The van der Waals surface area contributed by atoms with Crippen LogP contribution in [0, 0.1) is 6.92 Å². The summed E-state index contributed by atoms with van der Waals surface area (Å²) < 4.78 is 6.81. The second-order valence-corrected chi connectivity index (χ2v) is 8.40. The summed E-state index contributed by atoms with van der Waals surface area (Å²) >= 11 is 7.17. The highest BCUT2D eigenvalue weighted by molar-refractivity contribution is 7.80. The minimum Gasteiger partial charge on any atom is -0.465 e. The summed E-state index contributed by atoms with van der Waals surface area (Å²) in [5.74, 6) is -0.335. The van der Waals surface area contributed by atoms with Gasteiger partial charge in [-0.15, -0.1) is 11.3 Å². The summed E-state index contributed by atoms with van der Waals surface area (Å²) in [4.78, 5) is 17.7. The van der Waals surface area contributed by atoms with Crippen molar-refractivity contribution in [1.29, 1.82) is 0 Å². The zero-order valence-electron chi connectivity index (χ0n) is 16.8. The summed E-state index contributed by atoms with van der Waals surface area (Å²) in [5.41, 5.74) is 3.03. The van der Waals surface area contributed by atoms with Crippen LogP contribution in [0.5, 0.6) is 0 Å². The Labute approximate surface area is 175 Å². The van der Waals surface area contributed by atoms with Gasteiger partial charge < -0.3 is 15.0 Å². The highest BCUT2D eigenvalue weighted by atomic mass is 32.1. The monoisotopic (exact) mass is 421 g/mol. The van der Waals surface area contributed by atoms with Crippen LogP contribution in [0.4, 0.5) is 5.00 Å². The molecule has 0 aliphatic carbocycles. The molecular formula is C19H27N5O2S2. The van der Waals surface area contributed by atoms with E-state index in [-0.39, 0.29) is 5.97 Å². The number of hydrogen-bond donors (Lipinski definition) is 1. The Morgan fingerprint density at radius 2 is 2.07 bits per heavy atom. The van der Waals surface area contributed by atoms with E-state index in [1.54, 1.807) is 11.3 Å².